The maximum Gasteiger partial charge on any atom is 0.406 e. The van der Waals surface area contributed by atoms with Crippen LogP contribution in [0.5, 0.6) is 11.5 Å². The summed E-state index contributed by atoms with van der Waals surface area (Å²) in [4.78, 5) is 0. The molecule has 1 aromatic carbocycles. The number of benzene rings is 1. The number of halogens is 3. The largest absolute Gasteiger partial charge is 0.493 e. The fraction of sp³-hybridized carbons (Fsp3) is 0.538. The summed E-state index contributed by atoms with van der Waals surface area (Å²) in [6.45, 7) is 0.315. The Morgan fingerprint density at radius 2 is 1.84 bits per heavy atom. The van der Waals surface area contributed by atoms with Gasteiger partial charge >= 0.3 is 6.18 Å². The number of nitrogens with one attached hydrogen (secondary N) is 1. The summed E-state index contributed by atoms with van der Waals surface area (Å²) in [7, 11) is 1.52. The Morgan fingerprint density at radius 1 is 1.21 bits per heavy atom. The van der Waals surface area contributed by atoms with Crippen molar-refractivity contribution in [3.05, 3.63) is 24.3 Å². The quantitative estimate of drug-likeness (QED) is 0.810. The zero-order valence-corrected chi connectivity index (χ0v) is 10.6. The van der Waals surface area contributed by atoms with E-state index < -0.39 is 11.7 Å². The molecule has 1 saturated carbocycles. The van der Waals surface area contributed by atoms with E-state index >= 15 is 0 Å². The van der Waals surface area contributed by atoms with E-state index in [1.807, 2.05) is 0 Å². The van der Waals surface area contributed by atoms with E-state index in [0.717, 1.165) is 0 Å². The molecule has 19 heavy (non-hydrogen) atoms. The van der Waals surface area contributed by atoms with Crippen molar-refractivity contribution in [1.82, 2.24) is 5.32 Å². The van der Waals surface area contributed by atoms with Crippen LogP contribution in [0.2, 0.25) is 0 Å². The van der Waals surface area contributed by atoms with Crippen LogP contribution in [-0.4, -0.2) is 32.0 Å². The molecule has 0 aromatic heterocycles. The Morgan fingerprint density at radius 3 is 2.37 bits per heavy atom. The lowest BCUT2D eigenvalue weighted by molar-refractivity contribution is -0.165. The summed E-state index contributed by atoms with van der Waals surface area (Å²) in [5, 5.41) is 2.53. The molecule has 6 heteroatoms. The van der Waals surface area contributed by atoms with E-state index in [2.05, 4.69) is 5.32 Å². The SMILES string of the molecule is COc1ccccc1OCCNC1(C(F)(F)F)CC1. The lowest BCUT2D eigenvalue weighted by Crippen LogP contribution is -2.46. The van der Waals surface area contributed by atoms with Gasteiger partial charge < -0.3 is 14.8 Å². The second-order valence-electron chi connectivity index (χ2n) is 4.51. The number of alkyl halides is 3. The summed E-state index contributed by atoms with van der Waals surface area (Å²) in [6.07, 6.45) is -3.90. The van der Waals surface area contributed by atoms with Crippen LogP contribution in [0.4, 0.5) is 13.2 Å². The summed E-state index contributed by atoms with van der Waals surface area (Å²) in [5.41, 5.74) is -1.68. The number of rotatable bonds is 6. The van der Waals surface area contributed by atoms with Crippen molar-refractivity contribution in [2.24, 2.45) is 0 Å². The van der Waals surface area contributed by atoms with Crippen LogP contribution >= 0.6 is 0 Å². The lowest BCUT2D eigenvalue weighted by Gasteiger charge is -2.20. The molecule has 0 radical (unpaired) electrons. The highest BCUT2D eigenvalue weighted by Gasteiger charge is 2.62. The number of para-hydroxylation sites is 2. The molecule has 106 valence electrons. The monoisotopic (exact) mass is 275 g/mol. The summed E-state index contributed by atoms with van der Waals surface area (Å²) >= 11 is 0. The highest BCUT2D eigenvalue weighted by molar-refractivity contribution is 5.39. The maximum atomic E-state index is 12.6. The predicted octanol–water partition coefficient (Wildman–Crippen LogP) is 2.76. The zero-order valence-electron chi connectivity index (χ0n) is 10.6. The molecule has 1 aromatic rings. The van der Waals surface area contributed by atoms with E-state index in [0.29, 0.717) is 11.5 Å². The molecular formula is C13H16F3NO2. The Hall–Kier alpha value is -1.43. The highest BCUT2D eigenvalue weighted by atomic mass is 19.4. The van der Waals surface area contributed by atoms with Crippen LogP contribution in [-0.2, 0) is 0 Å². The number of hydrogen-bond donors (Lipinski definition) is 1. The first kappa shape index (κ1) is 14.0. The van der Waals surface area contributed by atoms with Crippen molar-refractivity contribution in [1.29, 1.82) is 0 Å². The average Bonchev–Trinajstić information content (AvgIpc) is 3.16. The van der Waals surface area contributed by atoms with Gasteiger partial charge in [0, 0.05) is 6.54 Å². The van der Waals surface area contributed by atoms with Gasteiger partial charge in [-0.25, -0.2) is 0 Å². The van der Waals surface area contributed by atoms with Crippen LogP contribution in [0.25, 0.3) is 0 Å². The smallest absolute Gasteiger partial charge is 0.406 e. The van der Waals surface area contributed by atoms with Crippen molar-refractivity contribution in [3.8, 4) is 11.5 Å². The number of ether oxygens (including phenoxy) is 2. The van der Waals surface area contributed by atoms with Gasteiger partial charge in [0.25, 0.3) is 0 Å². The van der Waals surface area contributed by atoms with Crippen molar-refractivity contribution < 1.29 is 22.6 Å². The zero-order chi connectivity index (χ0) is 13.9. The molecule has 0 bridgehead atoms. The number of methoxy groups -OCH3 is 1. The third kappa shape index (κ3) is 3.12. The van der Waals surface area contributed by atoms with Gasteiger partial charge in [0.05, 0.1) is 7.11 Å². The van der Waals surface area contributed by atoms with Crippen LogP contribution in [0.1, 0.15) is 12.8 Å². The third-order valence-electron chi connectivity index (χ3n) is 3.18. The molecule has 1 aliphatic rings. The molecule has 0 saturated heterocycles. The van der Waals surface area contributed by atoms with E-state index in [9.17, 15) is 13.2 Å². The molecule has 3 nitrogen and oxygen atoms in total. The minimum atomic E-state index is -4.18. The van der Waals surface area contributed by atoms with Gasteiger partial charge in [0.1, 0.15) is 12.1 Å². The molecule has 0 spiro atoms. The van der Waals surface area contributed by atoms with E-state index in [1.54, 1.807) is 24.3 Å². The van der Waals surface area contributed by atoms with Crippen LogP contribution in [0.3, 0.4) is 0 Å². The second kappa shape index (κ2) is 5.28. The van der Waals surface area contributed by atoms with Crippen molar-refractivity contribution in [2.45, 2.75) is 24.6 Å². The molecule has 1 fully saturated rings. The average molecular weight is 275 g/mol. The van der Waals surface area contributed by atoms with E-state index in [4.69, 9.17) is 9.47 Å². The molecular weight excluding hydrogens is 259 g/mol. The normalized spacial score (nSPS) is 17.1. The molecule has 0 aliphatic heterocycles. The first-order valence-corrected chi connectivity index (χ1v) is 6.06. The van der Waals surface area contributed by atoms with Gasteiger partial charge in [-0.3, -0.25) is 0 Å². The van der Waals surface area contributed by atoms with Gasteiger partial charge in [0.2, 0.25) is 0 Å². The summed E-state index contributed by atoms with van der Waals surface area (Å²) in [5.74, 6) is 1.10. The molecule has 2 rings (SSSR count). The summed E-state index contributed by atoms with van der Waals surface area (Å²) in [6, 6.07) is 7.03. The molecule has 1 N–H and O–H groups in total. The molecule has 1 aliphatic carbocycles. The Balaban J connectivity index is 1.79. The Labute approximate surface area is 109 Å². The highest BCUT2D eigenvalue weighted by Crippen LogP contribution is 2.48. The van der Waals surface area contributed by atoms with Gasteiger partial charge in [0.15, 0.2) is 11.5 Å². The minimum Gasteiger partial charge on any atom is -0.493 e. The van der Waals surface area contributed by atoms with Crippen molar-refractivity contribution in [2.75, 3.05) is 20.3 Å². The molecule has 0 heterocycles. The minimum absolute atomic E-state index is 0.144. The fourth-order valence-corrected chi connectivity index (χ4v) is 1.87. The topological polar surface area (TPSA) is 30.5 Å². The first-order chi connectivity index (χ1) is 8.98. The predicted molar refractivity (Wildman–Crippen MR) is 64.5 cm³/mol. The maximum absolute atomic E-state index is 12.6. The standard InChI is InChI=1S/C13H16F3NO2/c1-18-10-4-2-3-5-11(10)19-9-8-17-12(6-7-12)13(14,15)16/h2-5,17H,6-9H2,1H3. The number of hydrogen-bond acceptors (Lipinski definition) is 3. The van der Waals surface area contributed by atoms with E-state index in [1.165, 1.54) is 7.11 Å². The van der Waals surface area contributed by atoms with E-state index in [-0.39, 0.29) is 26.0 Å². The van der Waals surface area contributed by atoms with Crippen LogP contribution in [0, 0.1) is 0 Å². The second-order valence-corrected chi connectivity index (χ2v) is 4.51. The van der Waals surface area contributed by atoms with Crippen molar-refractivity contribution in [3.63, 3.8) is 0 Å². The van der Waals surface area contributed by atoms with Gasteiger partial charge in [-0.15, -0.1) is 0 Å². The summed E-state index contributed by atoms with van der Waals surface area (Å²) < 4.78 is 48.4. The Kier molecular flexibility index (Phi) is 3.89. The lowest BCUT2D eigenvalue weighted by atomic mass is 10.2. The van der Waals surface area contributed by atoms with Crippen LogP contribution < -0.4 is 14.8 Å². The molecule has 0 unspecified atom stereocenters. The Bertz CT molecular complexity index is 430. The first-order valence-electron chi connectivity index (χ1n) is 6.06. The van der Waals surface area contributed by atoms with Crippen LogP contribution in [0.15, 0.2) is 24.3 Å². The van der Waals surface area contributed by atoms with Gasteiger partial charge in [-0.2, -0.15) is 13.2 Å². The molecule has 0 amide bonds. The third-order valence-corrected chi connectivity index (χ3v) is 3.18. The van der Waals surface area contributed by atoms with Gasteiger partial charge in [-0.1, -0.05) is 12.1 Å². The van der Waals surface area contributed by atoms with Gasteiger partial charge in [-0.05, 0) is 25.0 Å². The fourth-order valence-electron chi connectivity index (χ4n) is 1.87. The molecule has 0 atom stereocenters. The van der Waals surface area contributed by atoms with Crippen molar-refractivity contribution >= 4 is 0 Å².